The van der Waals surface area contributed by atoms with Gasteiger partial charge in [0.1, 0.15) is 12.4 Å². The van der Waals surface area contributed by atoms with E-state index < -0.39 is 0 Å². The van der Waals surface area contributed by atoms with E-state index in [2.05, 4.69) is 18.7 Å². The van der Waals surface area contributed by atoms with Gasteiger partial charge in [-0.25, -0.2) is 0 Å². The first-order valence-corrected chi connectivity index (χ1v) is 7.47. The molecule has 0 amide bonds. The molecule has 0 saturated carbocycles. The topological polar surface area (TPSA) is 12.5 Å². The average Bonchev–Trinajstić information content (AvgIpc) is 2.64. The Morgan fingerprint density at radius 1 is 0.955 bits per heavy atom. The van der Waals surface area contributed by atoms with Crippen LogP contribution >= 0.6 is 12.4 Å². The Morgan fingerprint density at radius 3 is 2.18 bits per heavy atom. The highest BCUT2D eigenvalue weighted by molar-refractivity contribution is 5.85. The van der Waals surface area contributed by atoms with Crippen LogP contribution in [0.5, 0.6) is 5.75 Å². The lowest BCUT2D eigenvalue weighted by Crippen LogP contribution is -2.27. The molecule has 120 valence electrons. The first-order chi connectivity index (χ1) is 12.0. The van der Waals surface area contributed by atoms with E-state index in [0.717, 1.165) is 18.7 Å². The molecule has 22 heavy (non-hydrogen) atoms. The molecule has 0 aliphatic rings. The standard InChI is InChI=1S/C19H25NO.ClH/c1-3-20(4-2)14-15-21-19-12-10-18(11-13-19)16-17-8-6-5-7-9-17;/h5-13H,3-4,14-16H2,1-2H3;1H/i10D,11D,12D,13D;. The Bertz CT molecular complexity index is 679. The Kier molecular flexibility index (Phi) is 6.05. The third kappa shape index (κ3) is 6.08. The number of likely N-dealkylation sites (N-methyl/N-ethyl adjacent to an activating group) is 1. The van der Waals surface area contributed by atoms with Gasteiger partial charge in [-0.1, -0.05) is 56.3 Å². The summed E-state index contributed by atoms with van der Waals surface area (Å²) >= 11 is 0. The van der Waals surface area contributed by atoms with Gasteiger partial charge in [-0.2, -0.15) is 0 Å². The van der Waals surface area contributed by atoms with Gasteiger partial charge in [0, 0.05) is 6.54 Å². The van der Waals surface area contributed by atoms with Crippen LogP contribution in [0.15, 0.2) is 54.5 Å². The summed E-state index contributed by atoms with van der Waals surface area (Å²) in [5.74, 6) is 0.0407. The van der Waals surface area contributed by atoms with Crippen molar-refractivity contribution in [3.63, 3.8) is 0 Å². The maximum Gasteiger partial charge on any atom is 0.119 e. The summed E-state index contributed by atoms with van der Waals surface area (Å²) in [6, 6.07) is 9.28. The fourth-order valence-electron chi connectivity index (χ4n) is 2.10. The van der Waals surface area contributed by atoms with E-state index in [9.17, 15) is 0 Å². The van der Waals surface area contributed by atoms with Crippen molar-refractivity contribution >= 4 is 12.4 Å². The molecule has 3 heteroatoms. The molecule has 0 aliphatic heterocycles. The monoisotopic (exact) mass is 323 g/mol. The molecule has 0 heterocycles. The Labute approximate surface area is 146 Å². The van der Waals surface area contributed by atoms with Crippen molar-refractivity contribution in [3.05, 3.63) is 65.6 Å². The molecule has 0 atom stereocenters. The number of nitrogens with zero attached hydrogens (tertiary/aromatic N) is 1. The second-order valence-corrected chi connectivity index (χ2v) is 4.85. The van der Waals surface area contributed by atoms with E-state index >= 15 is 0 Å². The quantitative estimate of drug-likeness (QED) is 0.713. The van der Waals surface area contributed by atoms with E-state index in [1.165, 1.54) is 0 Å². The van der Waals surface area contributed by atoms with E-state index in [-0.39, 0.29) is 42.3 Å². The highest BCUT2D eigenvalue weighted by atomic mass is 35.5. The fraction of sp³-hybridized carbons (Fsp3) is 0.368. The van der Waals surface area contributed by atoms with Crippen molar-refractivity contribution in [3.8, 4) is 5.75 Å². The van der Waals surface area contributed by atoms with Crippen LogP contribution in [-0.2, 0) is 6.42 Å². The normalized spacial score (nSPS) is 12.9. The SMILES string of the molecule is Cl.[2H]c1c([2H])c(OCCN(CC)CC)c([2H])c([2H])c1Cc1ccccc1. The molecule has 0 unspecified atom stereocenters. The van der Waals surface area contributed by atoms with Crippen LogP contribution in [0.4, 0.5) is 0 Å². The van der Waals surface area contributed by atoms with Crippen LogP contribution in [-0.4, -0.2) is 31.1 Å². The number of halogens is 1. The van der Waals surface area contributed by atoms with Gasteiger partial charge in [0.15, 0.2) is 0 Å². The minimum Gasteiger partial charge on any atom is -0.492 e. The molecule has 0 saturated heterocycles. The molecule has 2 nitrogen and oxygen atoms in total. The van der Waals surface area contributed by atoms with Crippen LogP contribution < -0.4 is 4.74 Å². The van der Waals surface area contributed by atoms with Crippen LogP contribution in [0.2, 0.25) is 0 Å². The van der Waals surface area contributed by atoms with Gasteiger partial charge in [-0.3, -0.25) is 0 Å². The molecular formula is C19H26ClNO. The summed E-state index contributed by atoms with van der Waals surface area (Å²) in [5.41, 5.74) is 1.36. The second kappa shape index (κ2) is 10.3. The lowest BCUT2D eigenvalue weighted by atomic mass is 10.1. The number of rotatable bonds is 8. The smallest absolute Gasteiger partial charge is 0.119 e. The summed E-state index contributed by atoms with van der Waals surface area (Å²) in [6.45, 7) is 6.99. The van der Waals surface area contributed by atoms with Gasteiger partial charge in [0.25, 0.3) is 0 Å². The van der Waals surface area contributed by atoms with E-state index in [0.29, 0.717) is 25.1 Å². The lowest BCUT2D eigenvalue weighted by molar-refractivity contribution is 0.223. The van der Waals surface area contributed by atoms with Gasteiger partial charge in [-0.05, 0) is 42.7 Å². The van der Waals surface area contributed by atoms with Crippen molar-refractivity contribution in [2.24, 2.45) is 0 Å². The Hall–Kier alpha value is -1.51. The van der Waals surface area contributed by atoms with Gasteiger partial charge < -0.3 is 9.64 Å². The maximum absolute atomic E-state index is 8.23. The lowest BCUT2D eigenvalue weighted by Gasteiger charge is -2.18. The molecular weight excluding hydrogens is 294 g/mol. The largest absolute Gasteiger partial charge is 0.492 e. The third-order valence-electron chi connectivity index (χ3n) is 3.43. The summed E-state index contributed by atoms with van der Waals surface area (Å²) in [6.07, 6.45) is 0.371. The fourth-order valence-corrected chi connectivity index (χ4v) is 2.10. The predicted molar refractivity (Wildman–Crippen MR) is 96.2 cm³/mol. The molecule has 2 aromatic carbocycles. The predicted octanol–water partition coefficient (Wildman–Crippen LogP) is 4.42. The van der Waals surface area contributed by atoms with Crippen molar-refractivity contribution in [2.45, 2.75) is 20.3 Å². The van der Waals surface area contributed by atoms with E-state index in [1.807, 2.05) is 30.3 Å². The highest BCUT2D eigenvalue weighted by Gasteiger charge is 2.00. The van der Waals surface area contributed by atoms with E-state index in [4.69, 9.17) is 10.2 Å². The zero-order valence-corrected chi connectivity index (χ0v) is 14.0. The Balaban J connectivity index is 0.00000338. The zero-order valence-electron chi connectivity index (χ0n) is 17.2. The summed E-state index contributed by atoms with van der Waals surface area (Å²) in [7, 11) is 0. The van der Waals surface area contributed by atoms with Crippen molar-refractivity contribution < 1.29 is 10.2 Å². The molecule has 0 bridgehead atoms. The van der Waals surface area contributed by atoms with Crippen LogP contribution in [0.25, 0.3) is 0 Å². The van der Waals surface area contributed by atoms with Crippen LogP contribution in [0.3, 0.4) is 0 Å². The molecule has 0 N–H and O–H groups in total. The third-order valence-corrected chi connectivity index (χ3v) is 3.43. The molecule has 0 spiro atoms. The highest BCUT2D eigenvalue weighted by Crippen LogP contribution is 2.15. The number of ether oxygens (including phenoxy) is 1. The average molecular weight is 324 g/mol. The molecule has 0 radical (unpaired) electrons. The number of hydrogen-bond acceptors (Lipinski definition) is 2. The van der Waals surface area contributed by atoms with Gasteiger partial charge in [-0.15, -0.1) is 12.4 Å². The number of hydrogen-bond donors (Lipinski definition) is 0. The molecule has 0 aliphatic carbocycles. The molecule has 0 aromatic heterocycles. The van der Waals surface area contributed by atoms with Gasteiger partial charge in [0.05, 0.1) is 5.48 Å². The number of benzene rings is 2. The van der Waals surface area contributed by atoms with Crippen molar-refractivity contribution in [1.82, 2.24) is 4.90 Å². The van der Waals surface area contributed by atoms with Gasteiger partial charge in [0.2, 0.25) is 0 Å². The molecule has 2 rings (SSSR count). The Morgan fingerprint density at radius 2 is 1.59 bits per heavy atom. The van der Waals surface area contributed by atoms with Crippen LogP contribution in [0, 0.1) is 0 Å². The summed E-state index contributed by atoms with van der Waals surface area (Å²) < 4.78 is 38.5. The summed E-state index contributed by atoms with van der Waals surface area (Å²) in [5, 5.41) is 0. The summed E-state index contributed by atoms with van der Waals surface area (Å²) in [4.78, 5) is 2.18. The first-order valence-electron chi connectivity index (χ1n) is 9.47. The first kappa shape index (κ1) is 13.0. The minimum atomic E-state index is -0.105. The second-order valence-electron chi connectivity index (χ2n) is 4.85. The minimum absolute atomic E-state index is 0. The zero-order chi connectivity index (χ0) is 18.4. The van der Waals surface area contributed by atoms with Gasteiger partial charge >= 0.3 is 0 Å². The van der Waals surface area contributed by atoms with E-state index in [1.54, 1.807) is 0 Å². The van der Waals surface area contributed by atoms with Crippen LogP contribution in [0.1, 0.15) is 30.5 Å². The molecule has 0 fully saturated rings. The maximum atomic E-state index is 8.23. The molecule has 2 aromatic rings. The van der Waals surface area contributed by atoms with Crippen molar-refractivity contribution in [1.29, 1.82) is 0 Å². The van der Waals surface area contributed by atoms with Crippen molar-refractivity contribution in [2.75, 3.05) is 26.2 Å².